The third-order valence-electron chi connectivity index (χ3n) is 3.38. The van der Waals surface area contributed by atoms with E-state index in [-0.39, 0.29) is 17.7 Å². The van der Waals surface area contributed by atoms with E-state index < -0.39 is 6.04 Å². The topological polar surface area (TPSA) is 49.4 Å². The molecule has 0 bridgehead atoms. The molecule has 2 heterocycles. The lowest BCUT2D eigenvalue weighted by Gasteiger charge is -2.26. The highest BCUT2D eigenvalue weighted by Gasteiger charge is 2.30. The van der Waals surface area contributed by atoms with Crippen molar-refractivity contribution in [1.29, 1.82) is 0 Å². The van der Waals surface area contributed by atoms with E-state index in [0.29, 0.717) is 4.88 Å². The summed E-state index contributed by atoms with van der Waals surface area (Å²) in [6.45, 7) is 5.56. The molecular weight excluding hydrogens is 260 g/mol. The Labute approximate surface area is 117 Å². The summed E-state index contributed by atoms with van der Waals surface area (Å²) in [5.74, 6) is -0.00401. The number of carbonyl (C=O) groups is 2. The van der Waals surface area contributed by atoms with Crippen molar-refractivity contribution in [1.82, 2.24) is 10.2 Å². The minimum absolute atomic E-state index is 0.0532. The van der Waals surface area contributed by atoms with Gasteiger partial charge in [0.2, 0.25) is 5.91 Å². The maximum atomic E-state index is 12.4. The van der Waals surface area contributed by atoms with Crippen LogP contribution in [0.4, 0.5) is 0 Å². The fourth-order valence-corrected chi connectivity index (χ4v) is 2.89. The molecule has 1 fully saturated rings. The molecule has 0 unspecified atom stereocenters. The number of carbonyl (C=O) groups excluding carboxylic acids is 2. The molecule has 2 rings (SSSR count). The summed E-state index contributed by atoms with van der Waals surface area (Å²) in [7, 11) is 0. The molecular formula is C14H20N2O2S. The van der Waals surface area contributed by atoms with Gasteiger partial charge in [0.1, 0.15) is 6.04 Å². The van der Waals surface area contributed by atoms with E-state index in [1.54, 1.807) is 6.07 Å². The quantitative estimate of drug-likeness (QED) is 0.918. The summed E-state index contributed by atoms with van der Waals surface area (Å²) in [4.78, 5) is 27.0. The van der Waals surface area contributed by atoms with Crippen molar-refractivity contribution in [2.45, 2.75) is 32.7 Å². The van der Waals surface area contributed by atoms with Gasteiger partial charge in [-0.05, 0) is 30.2 Å². The van der Waals surface area contributed by atoms with E-state index in [0.717, 1.165) is 25.9 Å². The molecule has 1 aromatic heterocycles. The number of hydrogen-bond donors (Lipinski definition) is 1. The molecule has 4 nitrogen and oxygen atoms in total. The minimum atomic E-state index is -0.423. The highest BCUT2D eigenvalue weighted by Crippen LogP contribution is 2.15. The molecule has 1 aliphatic rings. The molecule has 19 heavy (non-hydrogen) atoms. The number of nitrogens with one attached hydrogen (secondary N) is 1. The lowest BCUT2D eigenvalue weighted by atomic mass is 10.0. The molecule has 1 aliphatic heterocycles. The summed E-state index contributed by atoms with van der Waals surface area (Å²) in [6.07, 6.45) is 2.13. The second-order valence-corrected chi connectivity index (χ2v) is 6.15. The predicted molar refractivity (Wildman–Crippen MR) is 76.2 cm³/mol. The van der Waals surface area contributed by atoms with E-state index >= 15 is 0 Å². The number of amides is 2. The zero-order chi connectivity index (χ0) is 13.8. The SMILES string of the molecule is CC(C)[C@H](NC(=O)c1cccs1)C(=O)N1CCCC1. The number of thiophene rings is 1. The fraction of sp³-hybridized carbons (Fsp3) is 0.571. The third-order valence-corrected chi connectivity index (χ3v) is 4.25. The number of hydrogen-bond acceptors (Lipinski definition) is 3. The number of likely N-dealkylation sites (tertiary alicyclic amines) is 1. The van der Waals surface area contributed by atoms with Crippen molar-refractivity contribution in [3.63, 3.8) is 0 Å². The minimum Gasteiger partial charge on any atom is -0.341 e. The van der Waals surface area contributed by atoms with Gasteiger partial charge in [0.05, 0.1) is 4.88 Å². The maximum absolute atomic E-state index is 12.4. The Morgan fingerprint density at radius 3 is 2.53 bits per heavy atom. The van der Waals surface area contributed by atoms with E-state index in [1.807, 2.05) is 30.2 Å². The van der Waals surface area contributed by atoms with Crippen LogP contribution in [0.15, 0.2) is 17.5 Å². The number of nitrogens with zero attached hydrogens (tertiary/aromatic N) is 1. The molecule has 104 valence electrons. The van der Waals surface area contributed by atoms with Crippen molar-refractivity contribution in [3.8, 4) is 0 Å². The van der Waals surface area contributed by atoms with Crippen LogP contribution in [0.2, 0.25) is 0 Å². The molecule has 2 amide bonds. The smallest absolute Gasteiger partial charge is 0.262 e. The molecule has 0 aromatic carbocycles. The van der Waals surface area contributed by atoms with E-state index in [9.17, 15) is 9.59 Å². The normalized spacial score (nSPS) is 16.7. The van der Waals surface area contributed by atoms with Gasteiger partial charge >= 0.3 is 0 Å². The van der Waals surface area contributed by atoms with Gasteiger partial charge in [-0.15, -0.1) is 11.3 Å². The van der Waals surface area contributed by atoms with Crippen molar-refractivity contribution < 1.29 is 9.59 Å². The maximum Gasteiger partial charge on any atom is 0.262 e. The van der Waals surface area contributed by atoms with Crippen molar-refractivity contribution in [3.05, 3.63) is 22.4 Å². The molecule has 5 heteroatoms. The van der Waals surface area contributed by atoms with Gasteiger partial charge in [0.25, 0.3) is 5.91 Å². The molecule has 0 aliphatic carbocycles. The van der Waals surface area contributed by atoms with Crippen LogP contribution in [-0.2, 0) is 4.79 Å². The number of rotatable bonds is 4. The van der Waals surface area contributed by atoms with Gasteiger partial charge < -0.3 is 10.2 Å². The Morgan fingerprint density at radius 2 is 2.00 bits per heavy atom. The van der Waals surface area contributed by atoms with Gasteiger partial charge in [0.15, 0.2) is 0 Å². The lowest BCUT2D eigenvalue weighted by molar-refractivity contribution is -0.133. The summed E-state index contributed by atoms with van der Waals surface area (Å²) in [5, 5.41) is 4.74. The van der Waals surface area contributed by atoms with E-state index in [2.05, 4.69) is 5.32 Å². The predicted octanol–water partition coefficient (Wildman–Crippen LogP) is 2.12. The van der Waals surface area contributed by atoms with Gasteiger partial charge in [-0.1, -0.05) is 19.9 Å². The first-order valence-electron chi connectivity index (χ1n) is 6.72. The monoisotopic (exact) mass is 280 g/mol. The van der Waals surface area contributed by atoms with Gasteiger partial charge in [-0.3, -0.25) is 9.59 Å². The van der Waals surface area contributed by atoms with Crippen LogP contribution in [0.25, 0.3) is 0 Å². The van der Waals surface area contributed by atoms with Crippen LogP contribution >= 0.6 is 11.3 Å². The van der Waals surface area contributed by atoms with Crippen LogP contribution in [0, 0.1) is 5.92 Å². The summed E-state index contributed by atoms with van der Waals surface area (Å²) < 4.78 is 0. The average Bonchev–Trinajstić information content (AvgIpc) is 3.05. The second kappa shape index (κ2) is 6.19. The van der Waals surface area contributed by atoms with Crippen LogP contribution in [0.3, 0.4) is 0 Å². The highest BCUT2D eigenvalue weighted by atomic mass is 32.1. The van der Waals surface area contributed by atoms with E-state index in [1.165, 1.54) is 11.3 Å². The standard InChI is InChI=1S/C14H20N2O2S/c1-10(2)12(14(18)16-7-3-4-8-16)15-13(17)11-6-5-9-19-11/h5-6,9-10,12H,3-4,7-8H2,1-2H3,(H,15,17)/t12-/m0/s1. The highest BCUT2D eigenvalue weighted by molar-refractivity contribution is 7.12. The molecule has 0 saturated carbocycles. The van der Waals surface area contributed by atoms with Gasteiger partial charge in [-0.2, -0.15) is 0 Å². The average molecular weight is 280 g/mol. The molecule has 1 saturated heterocycles. The van der Waals surface area contributed by atoms with Crippen LogP contribution in [-0.4, -0.2) is 35.8 Å². The Kier molecular flexibility index (Phi) is 4.58. The van der Waals surface area contributed by atoms with Crippen molar-refractivity contribution >= 4 is 23.2 Å². The van der Waals surface area contributed by atoms with Crippen molar-refractivity contribution in [2.24, 2.45) is 5.92 Å². The largest absolute Gasteiger partial charge is 0.341 e. The van der Waals surface area contributed by atoms with Gasteiger partial charge in [0, 0.05) is 13.1 Å². The van der Waals surface area contributed by atoms with Gasteiger partial charge in [-0.25, -0.2) is 0 Å². The fourth-order valence-electron chi connectivity index (χ4n) is 2.27. The molecule has 1 aromatic rings. The molecule has 0 radical (unpaired) electrons. The Bertz CT molecular complexity index is 436. The van der Waals surface area contributed by atoms with Crippen molar-refractivity contribution in [2.75, 3.05) is 13.1 Å². The third kappa shape index (κ3) is 3.35. The first-order valence-corrected chi connectivity index (χ1v) is 7.60. The second-order valence-electron chi connectivity index (χ2n) is 5.20. The molecule has 1 atom stereocenters. The van der Waals surface area contributed by atoms with Crippen LogP contribution < -0.4 is 5.32 Å². The summed E-state index contributed by atoms with van der Waals surface area (Å²) >= 11 is 1.39. The Morgan fingerprint density at radius 1 is 1.32 bits per heavy atom. The van der Waals surface area contributed by atoms with Crippen LogP contribution in [0.5, 0.6) is 0 Å². The Balaban J connectivity index is 2.03. The zero-order valence-corrected chi connectivity index (χ0v) is 12.2. The zero-order valence-electron chi connectivity index (χ0n) is 11.4. The Hall–Kier alpha value is -1.36. The van der Waals surface area contributed by atoms with Crippen LogP contribution in [0.1, 0.15) is 36.4 Å². The summed E-state index contributed by atoms with van der Waals surface area (Å²) in [6, 6.07) is 3.19. The lowest BCUT2D eigenvalue weighted by Crippen LogP contribution is -2.50. The summed E-state index contributed by atoms with van der Waals surface area (Å²) in [5.41, 5.74) is 0. The molecule has 0 spiro atoms. The first kappa shape index (κ1) is 14.1. The van der Waals surface area contributed by atoms with E-state index in [4.69, 9.17) is 0 Å². The first-order chi connectivity index (χ1) is 9.09. The molecule has 1 N–H and O–H groups in total.